The highest BCUT2D eigenvalue weighted by atomic mass is 35.5. The van der Waals surface area contributed by atoms with Crippen LogP contribution < -0.4 is 0 Å². The van der Waals surface area contributed by atoms with Gasteiger partial charge in [-0.25, -0.2) is 0 Å². The molecule has 0 spiro atoms. The molecule has 0 fully saturated rings. The second-order valence-electron chi connectivity index (χ2n) is 4.14. The van der Waals surface area contributed by atoms with Crippen molar-refractivity contribution in [3.05, 3.63) is 34.9 Å². The van der Waals surface area contributed by atoms with E-state index in [4.69, 9.17) is 16.7 Å². The Balaban J connectivity index is 2.47. The van der Waals surface area contributed by atoms with E-state index in [-0.39, 0.29) is 12.5 Å². The molecular weight excluding hydrogens is 250 g/mol. The van der Waals surface area contributed by atoms with Crippen LogP contribution in [0.1, 0.15) is 25.3 Å². The molecule has 0 unspecified atom stereocenters. The van der Waals surface area contributed by atoms with Gasteiger partial charge in [0.2, 0.25) is 5.91 Å². The van der Waals surface area contributed by atoms with Crippen molar-refractivity contribution >= 4 is 17.5 Å². The van der Waals surface area contributed by atoms with Gasteiger partial charge in [-0.05, 0) is 31.4 Å². The largest absolute Gasteiger partial charge is 0.396 e. The normalized spacial score (nSPS) is 10.4. The molecule has 0 aliphatic carbocycles. The molecule has 1 amide bonds. The van der Waals surface area contributed by atoms with E-state index in [0.29, 0.717) is 37.4 Å². The molecule has 0 saturated heterocycles. The van der Waals surface area contributed by atoms with E-state index < -0.39 is 0 Å². The average molecular weight is 270 g/mol. The molecule has 1 aromatic carbocycles. The Bertz CT molecular complexity index is 382. The van der Waals surface area contributed by atoms with Crippen molar-refractivity contribution in [1.29, 1.82) is 0 Å². The first kappa shape index (κ1) is 15.0. The summed E-state index contributed by atoms with van der Waals surface area (Å²) in [6.07, 6.45) is 1.75. The summed E-state index contributed by atoms with van der Waals surface area (Å²) in [6.45, 7) is 3.37. The first-order chi connectivity index (χ1) is 8.69. The molecule has 1 rings (SSSR count). The molecule has 0 aliphatic rings. The van der Waals surface area contributed by atoms with Gasteiger partial charge in [-0.3, -0.25) is 4.79 Å². The number of carbonyl (C=O) groups excluding carboxylic acids is 1. The minimum Gasteiger partial charge on any atom is -0.396 e. The van der Waals surface area contributed by atoms with Gasteiger partial charge >= 0.3 is 0 Å². The van der Waals surface area contributed by atoms with Crippen LogP contribution in [0.4, 0.5) is 0 Å². The monoisotopic (exact) mass is 269 g/mol. The van der Waals surface area contributed by atoms with E-state index in [1.54, 1.807) is 4.90 Å². The van der Waals surface area contributed by atoms with Crippen LogP contribution in [0.2, 0.25) is 5.02 Å². The van der Waals surface area contributed by atoms with Crippen molar-refractivity contribution in [3.63, 3.8) is 0 Å². The zero-order valence-corrected chi connectivity index (χ0v) is 11.5. The molecule has 0 saturated carbocycles. The molecule has 3 nitrogen and oxygen atoms in total. The standard InChI is InChI=1S/C14H20ClNO2/c1-2-16(10-5-11-17)14(18)9-8-12-6-3-4-7-13(12)15/h3-4,6-7,17H,2,5,8-11H2,1H3. The summed E-state index contributed by atoms with van der Waals surface area (Å²) in [7, 11) is 0. The Morgan fingerprint density at radius 2 is 2.11 bits per heavy atom. The van der Waals surface area contributed by atoms with Crippen molar-refractivity contribution < 1.29 is 9.90 Å². The Morgan fingerprint density at radius 3 is 2.72 bits per heavy atom. The number of amides is 1. The van der Waals surface area contributed by atoms with E-state index in [0.717, 1.165) is 5.56 Å². The Hall–Kier alpha value is -1.06. The maximum absolute atomic E-state index is 12.0. The average Bonchev–Trinajstić information content (AvgIpc) is 2.38. The molecule has 18 heavy (non-hydrogen) atoms. The maximum Gasteiger partial charge on any atom is 0.222 e. The molecule has 0 bridgehead atoms. The number of aliphatic hydroxyl groups excluding tert-OH is 1. The molecule has 4 heteroatoms. The van der Waals surface area contributed by atoms with Gasteiger partial charge < -0.3 is 10.0 Å². The van der Waals surface area contributed by atoms with E-state index in [2.05, 4.69) is 0 Å². The summed E-state index contributed by atoms with van der Waals surface area (Å²) in [5.74, 6) is 0.117. The quantitative estimate of drug-likeness (QED) is 0.826. The number of aliphatic hydroxyl groups is 1. The van der Waals surface area contributed by atoms with Gasteiger partial charge in [-0.2, -0.15) is 0 Å². The first-order valence-corrected chi connectivity index (χ1v) is 6.68. The molecule has 1 aromatic rings. The lowest BCUT2D eigenvalue weighted by Crippen LogP contribution is -2.32. The van der Waals surface area contributed by atoms with E-state index in [9.17, 15) is 4.79 Å². The summed E-state index contributed by atoms with van der Waals surface area (Å²) >= 11 is 6.05. The van der Waals surface area contributed by atoms with Crippen LogP contribution in [0.15, 0.2) is 24.3 Å². The van der Waals surface area contributed by atoms with Crippen molar-refractivity contribution in [1.82, 2.24) is 4.90 Å². The van der Waals surface area contributed by atoms with E-state index in [1.165, 1.54) is 0 Å². The number of halogens is 1. The Labute approximate surface area is 113 Å². The fraction of sp³-hybridized carbons (Fsp3) is 0.500. The van der Waals surface area contributed by atoms with Gasteiger partial charge in [0.25, 0.3) is 0 Å². The molecule has 0 radical (unpaired) electrons. The predicted molar refractivity (Wildman–Crippen MR) is 73.7 cm³/mol. The van der Waals surface area contributed by atoms with Gasteiger partial charge in [-0.1, -0.05) is 29.8 Å². The fourth-order valence-electron chi connectivity index (χ4n) is 1.82. The van der Waals surface area contributed by atoms with Crippen molar-refractivity contribution in [3.8, 4) is 0 Å². The van der Waals surface area contributed by atoms with Gasteiger partial charge in [0, 0.05) is 31.1 Å². The molecule has 1 N–H and O–H groups in total. The van der Waals surface area contributed by atoms with Crippen molar-refractivity contribution in [2.75, 3.05) is 19.7 Å². The number of aryl methyl sites for hydroxylation is 1. The third-order valence-electron chi connectivity index (χ3n) is 2.89. The summed E-state index contributed by atoms with van der Waals surface area (Å²) in [5.41, 5.74) is 1.01. The van der Waals surface area contributed by atoms with Crippen molar-refractivity contribution in [2.24, 2.45) is 0 Å². The predicted octanol–water partition coefficient (Wildman–Crippen LogP) is 2.50. The molecule has 0 atom stereocenters. The summed E-state index contributed by atoms with van der Waals surface area (Å²) in [5, 5.41) is 9.49. The second-order valence-corrected chi connectivity index (χ2v) is 4.55. The Morgan fingerprint density at radius 1 is 1.39 bits per heavy atom. The van der Waals surface area contributed by atoms with Gasteiger partial charge in [0.15, 0.2) is 0 Å². The summed E-state index contributed by atoms with van der Waals surface area (Å²) < 4.78 is 0. The lowest BCUT2D eigenvalue weighted by Gasteiger charge is -2.20. The zero-order chi connectivity index (χ0) is 13.4. The summed E-state index contributed by atoms with van der Waals surface area (Å²) in [4.78, 5) is 13.7. The molecule has 0 aliphatic heterocycles. The first-order valence-electron chi connectivity index (χ1n) is 6.31. The molecule has 100 valence electrons. The topological polar surface area (TPSA) is 40.5 Å². The Kier molecular flexibility index (Phi) is 6.76. The smallest absolute Gasteiger partial charge is 0.222 e. The summed E-state index contributed by atoms with van der Waals surface area (Å²) in [6, 6.07) is 7.59. The minimum absolute atomic E-state index is 0.117. The number of nitrogens with zero attached hydrogens (tertiary/aromatic N) is 1. The lowest BCUT2D eigenvalue weighted by atomic mass is 10.1. The van der Waals surface area contributed by atoms with Crippen LogP contribution in [0, 0.1) is 0 Å². The number of carbonyl (C=O) groups is 1. The highest BCUT2D eigenvalue weighted by molar-refractivity contribution is 6.31. The maximum atomic E-state index is 12.0. The lowest BCUT2D eigenvalue weighted by molar-refractivity contribution is -0.131. The molecule has 0 heterocycles. The van der Waals surface area contributed by atoms with Gasteiger partial charge in [0.05, 0.1) is 0 Å². The van der Waals surface area contributed by atoms with Crippen LogP contribution >= 0.6 is 11.6 Å². The highest BCUT2D eigenvalue weighted by Gasteiger charge is 2.11. The van der Waals surface area contributed by atoms with Crippen LogP contribution in [0.5, 0.6) is 0 Å². The second kappa shape index (κ2) is 8.11. The van der Waals surface area contributed by atoms with Crippen LogP contribution in [-0.2, 0) is 11.2 Å². The number of hydrogen-bond acceptors (Lipinski definition) is 2. The third kappa shape index (κ3) is 4.67. The van der Waals surface area contributed by atoms with Crippen LogP contribution in [0.25, 0.3) is 0 Å². The number of rotatable bonds is 7. The van der Waals surface area contributed by atoms with Gasteiger partial charge in [-0.15, -0.1) is 0 Å². The van der Waals surface area contributed by atoms with E-state index in [1.807, 2.05) is 31.2 Å². The van der Waals surface area contributed by atoms with E-state index >= 15 is 0 Å². The number of hydrogen-bond donors (Lipinski definition) is 1. The molecular formula is C14H20ClNO2. The van der Waals surface area contributed by atoms with Crippen molar-refractivity contribution in [2.45, 2.75) is 26.2 Å². The third-order valence-corrected chi connectivity index (χ3v) is 3.26. The van der Waals surface area contributed by atoms with Crippen LogP contribution in [-0.4, -0.2) is 35.6 Å². The fourth-order valence-corrected chi connectivity index (χ4v) is 2.05. The zero-order valence-electron chi connectivity index (χ0n) is 10.7. The van der Waals surface area contributed by atoms with Gasteiger partial charge in [0.1, 0.15) is 0 Å². The highest BCUT2D eigenvalue weighted by Crippen LogP contribution is 2.16. The molecule has 0 aromatic heterocycles. The van der Waals surface area contributed by atoms with Crippen LogP contribution in [0.3, 0.4) is 0 Å². The SMILES string of the molecule is CCN(CCCO)C(=O)CCc1ccccc1Cl. The minimum atomic E-state index is 0.117. The number of benzene rings is 1.